The molecule has 1 aliphatic rings. The molecule has 3 rings (SSSR count). The fraction of sp³-hybridized carbons (Fsp3) is 0.368. The van der Waals surface area contributed by atoms with Crippen LogP contribution in [0.5, 0.6) is 5.75 Å². The average molecular weight is 378 g/mol. The number of hydrogen-bond donors (Lipinski definition) is 1. The van der Waals surface area contributed by atoms with Gasteiger partial charge in [0, 0.05) is 30.4 Å². The normalized spacial score (nSPS) is 19.8. The van der Waals surface area contributed by atoms with Gasteiger partial charge in [0.15, 0.2) is 0 Å². The van der Waals surface area contributed by atoms with Crippen molar-refractivity contribution >= 4 is 17.7 Å². The van der Waals surface area contributed by atoms with Gasteiger partial charge in [0.1, 0.15) is 17.4 Å². The van der Waals surface area contributed by atoms with Crippen molar-refractivity contribution in [2.75, 3.05) is 5.75 Å². The fourth-order valence-corrected chi connectivity index (χ4v) is 3.63. The number of halogens is 2. The number of ether oxygens (including phenoxy) is 1. The van der Waals surface area contributed by atoms with Crippen molar-refractivity contribution in [3.63, 3.8) is 0 Å². The molecule has 1 amide bonds. The Bertz CT molecular complexity index is 717. The molecule has 0 unspecified atom stereocenters. The molecule has 0 atom stereocenters. The summed E-state index contributed by atoms with van der Waals surface area (Å²) in [6.45, 7) is 0. The third-order valence-corrected chi connectivity index (χ3v) is 5.11. The molecule has 1 saturated carbocycles. The summed E-state index contributed by atoms with van der Waals surface area (Å²) >= 11 is 1.40. The van der Waals surface area contributed by atoms with Crippen molar-refractivity contribution in [2.45, 2.75) is 42.9 Å². The van der Waals surface area contributed by atoms with Crippen LogP contribution in [0.1, 0.15) is 25.7 Å². The van der Waals surface area contributed by atoms with E-state index in [0.717, 1.165) is 36.8 Å². The molecule has 1 fully saturated rings. The molecule has 1 heterocycles. The molecule has 138 valence electrons. The van der Waals surface area contributed by atoms with Crippen LogP contribution < -0.4 is 10.1 Å². The summed E-state index contributed by atoms with van der Waals surface area (Å²) in [5.41, 5.74) is 0. The zero-order chi connectivity index (χ0) is 18.4. The van der Waals surface area contributed by atoms with E-state index in [-0.39, 0.29) is 23.8 Å². The lowest BCUT2D eigenvalue weighted by molar-refractivity contribution is -0.119. The largest absolute Gasteiger partial charge is 0.490 e. The maximum Gasteiger partial charge on any atom is 0.230 e. The van der Waals surface area contributed by atoms with Gasteiger partial charge < -0.3 is 10.1 Å². The zero-order valence-electron chi connectivity index (χ0n) is 14.2. The van der Waals surface area contributed by atoms with Crippen LogP contribution in [0.25, 0.3) is 0 Å². The zero-order valence-corrected chi connectivity index (χ0v) is 15.0. The van der Waals surface area contributed by atoms with Gasteiger partial charge in [0.2, 0.25) is 5.91 Å². The maximum absolute atomic E-state index is 13.2. The minimum Gasteiger partial charge on any atom is -0.490 e. The lowest BCUT2D eigenvalue weighted by Gasteiger charge is -2.29. The van der Waals surface area contributed by atoms with Gasteiger partial charge in [-0.1, -0.05) is 17.8 Å². The summed E-state index contributed by atoms with van der Waals surface area (Å²) in [6, 6.07) is 8.90. The van der Waals surface area contributed by atoms with E-state index in [1.54, 1.807) is 6.20 Å². The van der Waals surface area contributed by atoms with Gasteiger partial charge in [-0.15, -0.1) is 0 Å². The molecular formula is C19H20F2N2O2S. The van der Waals surface area contributed by atoms with Crippen LogP contribution in [0.4, 0.5) is 8.78 Å². The summed E-state index contributed by atoms with van der Waals surface area (Å²) in [6.07, 6.45) is 4.64. The molecule has 0 saturated heterocycles. The van der Waals surface area contributed by atoms with E-state index in [9.17, 15) is 13.6 Å². The highest BCUT2D eigenvalue weighted by Gasteiger charge is 2.24. The molecule has 0 radical (unpaired) electrons. The Balaban J connectivity index is 1.40. The summed E-state index contributed by atoms with van der Waals surface area (Å²) < 4.78 is 32.1. The van der Waals surface area contributed by atoms with Crippen molar-refractivity contribution in [1.82, 2.24) is 10.3 Å². The first kappa shape index (κ1) is 18.6. The van der Waals surface area contributed by atoms with E-state index in [2.05, 4.69) is 10.3 Å². The molecule has 7 heteroatoms. The minimum absolute atomic E-state index is 0.0165. The first-order chi connectivity index (χ1) is 12.6. The van der Waals surface area contributed by atoms with E-state index in [1.165, 1.54) is 23.9 Å². The lowest BCUT2D eigenvalue weighted by atomic mass is 9.93. The van der Waals surface area contributed by atoms with E-state index < -0.39 is 11.6 Å². The number of benzene rings is 1. The summed E-state index contributed by atoms with van der Waals surface area (Å²) in [7, 11) is 0. The molecule has 4 nitrogen and oxygen atoms in total. The molecular weight excluding hydrogens is 358 g/mol. The number of hydrogen-bond acceptors (Lipinski definition) is 4. The molecule has 2 aromatic rings. The number of rotatable bonds is 6. The first-order valence-electron chi connectivity index (χ1n) is 8.54. The smallest absolute Gasteiger partial charge is 0.230 e. The SMILES string of the molecule is O=C(CSc1ccccn1)NC1CCC(Oc2cc(F)cc(F)c2)CC1. The summed E-state index contributed by atoms with van der Waals surface area (Å²) in [4.78, 5) is 16.2. The second-order valence-electron chi connectivity index (χ2n) is 6.22. The van der Waals surface area contributed by atoms with Crippen LogP contribution >= 0.6 is 11.8 Å². The third kappa shape index (κ3) is 5.69. The van der Waals surface area contributed by atoms with Gasteiger partial charge in [0.25, 0.3) is 0 Å². The Morgan fingerprint density at radius 1 is 1.15 bits per heavy atom. The molecule has 26 heavy (non-hydrogen) atoms. The Kier molecular flexibility index (Phi) is 6.44. The molecule has 0 aliphatic heterocycles. The summed E-state index contributed by atoms with van der Waals surface area (Å²) in [5, 5.41) is 3.85. The van der Waals surface area contributed by atoms with Crippen LogP contribution in [0.15, 0.2) is 47.6 Å². The Hall–Kier alpha value is -2.15. The van der Waals surface area contributed by atoms with Crippen LogP contribution in [0.2, 0.25) is 0 Å². The minimum atomic E-state index is -0.647. The second-order valence-corrected chi connectivity index (χ2v) is 7.22. The Morgan fingerprint density at radius 2 is 1.88 bits per heavy atom. The number of thioether (sulfide) groups is 1. The fourth-order valence-electron chi connectivity index (χ4n) is 2.96. The highest BCUT2D eigenvalue weighted by atomic mass is 32.2. The average Bonchev–Trinajstić information content (AvgIpc) is 2.62. The number of carbonyl (C=O) groups excluding carboxylic acids is 1. The predicted molar refractivity (Wildman–Crippen MR) is 96.1 cm³/mol. The molecule has 1 N–H and O–H groups in total. The monoisotopic (exact) mass is 378 g/mol. The Labute approximate surface area is 155 Å². The number of pyridine rings is 1. The number of aromatic nitrogens is 1. The maximum atomic E-state index is 13.2. The van der Waals surface area contributed by atoms with Crippen LogP contribution in [-0.4, -0.2) is 28.8 Å². The third-order valence-electron chi connectivity index (χ3n) is 4.17. The lowest BCUT2D eigenvalue weighted by Crippen LogP contribution is -2.40. The van der Waals surface area contributed by atoms with Crippen molar-refractivity contribution < 1.29 is 18.3 Å². The molecule has 0 spiro atoms. The van der Waals surface area contributed by atoms with Gasteiger partial charge in [-0.25, -0.2) is 13.8 Å². The standard InChI is InChI=1S/C19H20F2N2O2S/c20-13-9-14(21)11-17(10-13)25-16-6-4-15(5-7-16)23-18(24)12-26-19-3-1-2-8-22-19/h1-3,8-11,15-16H,4-7,12H2,(H,23,24). The van der Waals surface area contributed by atoms with Crippen molar-refractivity contribution in [1.29, 1.82) is 0 Å². The second kappa shape index (κ2) is 8.98. The van der Waals surface area contributed by atoms with Crippen molar-refractivity contribution in [2.24, 2.45) is 0 Å². The van der Waals surface area contributed by atoms with Gasteiger partial charge in [-0.05, 0) is 37.8 Å². The van der Waals surface area contributed by atoms with Crippen LogP contribution in [-0.2, 0) is 4.79 Å². The van der Waals surface area contributed by atoms with E-state index >= 15 is 0 Å². The van der Waals surface area contributed by atoms with Crippen LogP contribution in [0.3, 0.4) is 0 Å². The van der Waals surface area contributed by atoms with Gasteiger partial charge >= 0.3 is 0 Å². The summed E-state index contributed by atoms with van der Waals surface area (Å²) in [5.74, 6) is -0.771. The molecule has 1 aliphatic carbocycles. The van der Waals surface area contributed by atoms with E-state index in [1.807, 2.05) is 18.2 Å². The molecule has 1 aromatic heterocycles. The van der Waals surface area contributed by atoms with Gasteiger partial charge in [-0.3, -0.25) is 4.79 Å². The number of nitrogens with zero attached hydrogens (tertiary/aromatic N) is 1. The topological polar surface area (TPSA) is 51.2 Å². The highest BCUT2D eigenvalue weighted by molar-refractivity contribution is 7.99. The number of carbonyl (C=O) groups is 1. The molecule has 0 bridgehead atoms. The van der Waals surface area contributed by atoms with Gasteiger partial charge in [0.05, 0.1) is 16.9 Å². The first-order valence-corrected chi connectivity index (χ1v) is 9.53. The number of nitrogens with one attached hydrogen (secondary N) is 1. The number of amides is 1. The molecule has 1 aromatic carbocycles. The highest BCUT2D eigenvalue weighted by Crippen LogP contribution is 2.25. The van der Waals surface area contributed by atoms with Crippen molar-refractivity contribution in [3.8, 4) is 5.75 Å². The quantitative estimate of drug-likeness (QED) is 0.773. The predicted octanol–water partition coefficient (Wildman–Crippen LogP) is 3.96. The Morgan fingerprint density at radius 3 is 2.54 bits per heavy atom. The van der Waals surface area contributed by atoms with E-state index in [0.29, 0.717) is 5.75 Å². The van der Waals surface area contributed by atoms with Crippen molar-refractivity contribution in [3.05, 3.63) is 54.2 Å². The van der Waals surface area contributed by atoms with Gasteiger partial charge in [-0.2, -0.15) is 0 Å². The van der Waals surface area contributed by atoms with E-state index in [4.69, 9.17) is 4.74 Å². The van der Waals surface area contributed by atoms with Crippen LogP contribution in [0, 0.1) is 11.6 Å².